The molecule has 0 radical (unpaired) electrons. The van der Waals surface area contributed by atoms with Gasteiger partial charge in [0.25, 0.3) is 5.88 Å². The van der Waals surface area contributed by atoms with Crippen molar-refractivity contribution >= 4 is 34.2 Å². The van der Waals surface area contributed by atoms with Crippen molar-refractivity contribution in [1.29, 1.82) is 0 Å². The maximum Gasteiger partial charge on any atom is 0.335 e. The Morgan fingerprint density at radius 1 is 1.17 bits per heavy atom. The molecule has 2 aliphatic heterocycles. The average molecular weight is 582 g/mol. The second-order valence-corrected chi connectivity index (χ2v) is 10.5. The highest BCUT2D eigenvalue weighted by molar-refractivity contribution is 6.30. The highest BCUT2D eigenvalue weighted by Gasteiger charge is 2.24. The number of hydrogen-bond acceptors (Lipinski definition) is 7. The third-order valence-electron chi connectivity index (χ3n) is 7.29. The van der Waals surface area contributed by atoms with Gasteiger partial charge in [0, 0.05) is 30.3 Å². The first-order valence-corrected chi connectivity index (χ1v) is 13.6. The van der Waals surface area contributed by atoms with Crippen molar-refractivity contribution in [2.24, 2.45) is 0 Å². The monoisotopic (exact) mass is 581 g/mol. The quantitative estimate of drug-likeness (QED) is 0.291. The summed E-state index contributed by atoms with van der Waals surface area (Å²) in [6.45, 7) is 2.95. The van der Waals surface area contributed by atoms with Crippen molar-refractivity contribution < 1.29 is 28.2 Å². The highest BCUT2D eigenvalue weighted by atomic mass is 35.5. The van der Waals surface area contributed by atoms with Gasteiger partial charge in [-0.1, -0.05) is 23.7 Å². The van der Waals surface area contributed by atoms with Crippen LogP contribution in [0.15, 0.2) is 48.7 Å². The van der Waals surface area contributed by atoms with Crippen molar-refractivity contribution in [3.8, 4) is 5.88 Å². The highest BCUT2D eigenvalue weighted by Crippen LogP contribution is 2.27. The number of hydrogen-bond donors (Lipinski definition) is 1. The molecule has 0 unspecified atom stereocenters. The van der Waals surface area contributed by atoms with Crippen molar-refractivity contribution in [2.45, 2.75) is 38.6 Å². The van der Waals surface area contributed by atoms with E-state index in [1.54, 1.807) is 18.2 Å². The number of carbonyl (C=O) groups is 1. The van der Waals surface area contributed by atoms with Crippen LogP contribution >= 0.6 is 11.6 Å². The standard InChI is InChI=1S/C29H26ClF2N5O4/c30-20-3-1-19(22(31)12-20)16-41-28-23(32)13-33-27(35-28)17-5-8-36(9-6-17)15-26-34-24-4-2-18(29(38)39)11-25(24)37(26)14-21-7-10-40-21/h1-5,11-13,21H,6-10,14-16H2,(H,38,39)/t21-/m0/s1. The lowest BCUT2D eigenvalue weighted by atomic mass is 10.1. The summed E-state index contributed by atoms with van der Waals surface area (Å²) in [5.74, 6) is -1.32. The van der Waals surface area contributed by atoms with Crippen molar-refractivity contribution in [2.75, 3.05) is 19.7 Å². The molecule has 0 saturated carbocycles. The Kier molecular flexibility index (Phi) is 7.65. The van der Waals surface area contributed by atoms with Gasteiger partial charge in [-0.15, -0.1) is 0 Å². The van der Waals surface area contributed by atoms with Crippen molar-refractivity contribution in [3.05, 3.63) is 88.1 Å². The molecular formula is C29H26ClF2N5O4. The van der Waals surface area contributed by atoms with Crippen molar-refractivity contribution in [1.82, 2.24) is 24.4 Å². The Bertz CT molecular complexity index is 1660. The van der Waals surface area contributed by atoms with E-state index >= 15 is 0 Å². The molecule has 12 heteroatoms. The van der Waals surface area contributed by atoms with E-state index in [1.807, 2.05) is 6.08 Å². The van der Waals surface area contributed by atoms with Gasteiger partial charge in [0.05, 0.1) is 42.0 Å². The van der Waals surface area contributed by atoms with Gasteiger partial charge < -0.3 is 19.1 Å². The van der Waals surface area contributed by atoms with Gasteiger partial charge in [-0.3, -0.25) is 4.90 Å². The average Bonchev–Trinajstić information content (AvgIpc) is 3.27. The van der Waals surface area contributed by atoms with E-state index in [9.17, 15) is 18.7 Å². The molecular weight excluding hydrogens is 556 g/mol. The van der Waals surface area contributed by atoms with E-state index < -0.39 is 17.6 Å². The first kappa shape index (κ1) is 27.3. The fourth-order valence-corrected chi connectivity index (χ4v) is 5.07. The summed E-state index contributed by atoms with van der Waals surface area (Å²) in [5, 5.41) is 9.73. The number of benzene rings is 2. The number of nitrogens with zero attached hydrogens (tertiary/aromatic N) is 5. The minimum absolute atomic E-state index is 0.0794. The Hall–Kier alpha value is -3.93. The zero-order chi connectivity index (χ0) is 28.5. The Morgan fingerprint density at radius 2 is 2.02 bits per heavy atom. The zero-order valence-electron chi connectivity index (χ0n) is 21.9. The lowest BCUT2D eigenvalue weighted by molar-refractivity contribution is -0.0591. The Morgan fingerprint density at radius 3 is 2.73 bits per heavy atom. The number of aromatic carboxylic acids is 1. The normalized spacial score (nSPS) is 17.3. The number of halogens is 3. The minimum atomic E-state index is -0.983. The van der Waals surface area contributed by atoms with Crippen LogP contribution in [-0.4, -0.2) is 61.3 Å². The molecule has 1 N–H and O–H groups in total. The summed E-state index contributed by atoms with van der Waals surface area (Å²) in [7, 11) is 0. The van der Waals surface area contributed by atoms with Gasteiger partial charge in [0.1, 0.15) is 18.2 Å². The largest absolute Gasteiger partial charge is 0.478 e. The molecule has 0 amide bonds. The minimum Gasteiger partial charge on any atom is -0.478 e. The van der Waals surface area contributed by atoms with Gasteiger partial charge in [-0.25, -0.2) is 19.2 Å². The molecule has 2 aliphatic rings. The molecule has 1 fully saturated rings. The number of imidazole rings is 1. The third kappa shape index (κ3) is 5.92. The maximum atomic E-state index is 14.4. The van der Waals surface area contributed by atoms with Crippen LogP contribution in [-0.2, 0) is 24.4 Å². The molecule has 1 atom stereocenters. The molecule has 1 saturated heterocycles. The third-order valence-corrected chi connectivity index (χ3v) is 7.53. The Balaban J connectivity index is 1.17. The van der Waals surface area contributed by atoms with E-state index in [1.165, 1.54) is 18.2 Å². The van der Waals surface area contributed by atoms with Crippen LogP contribution in [0.5, 0.6) is 5.88 Å². The fraction of sp³-hybridized carbons (Fsp3) is 0.310. The lowest BCUT2D eigenvalue weighted by Crippen LogP contribution is -2.33. The molecule has 9 nitrogen and oxygen atoms in total. The second kappa shape index (κ2) is 11.5. The van der Waals surface area contributed by atoms with Gasteiger partial charge in [-0.05, 0) is 48.7 Å². The summed E-state index contributed by atoms with van der Waals surface area (Å²) in [6, 6.07) is 9.15. The number of carboxylic acid groups (broad SMARTS) is 1. The molecule has 41 heavy (non-hydrogen) atoms. The van der Waals surface area contributed by atoms with Crippen LogP contribution in [0.1, 0.15) is 40.4 Å². The van der Waals surface area contributed by atoms with E-state index in [0.717, 1.165) is 41.7 Å². The molecule has 0 spiro atoms. The molecule has 4 heterocycles. The number of ether oxygens (including phenoxy) is 2. The van der Waals surface area contributed by atoms with Crippen molar-refractivity contribution in [3.63, 3.8) is 0 Å². The smallest absolute Gasteiger partial charge is 0.335 e. The number of rotatable bonds is 9. The van der Waals surface area contributed by atoms with Crippen LogP contribution in [0, 0.1) is 11.6 Å². The van der Waals surface area contributed by atoms with Crippen LogP contribution in [0.4, 0.5) is 8.78 Å². The maximum absolute atomic E-state index is 14.4. The van der Waals surface area contributed by atoms with Crippen LogP contribution < -0.4 is 4.74 Å². The predicted molar refractivity (Wildman–Crippen MR) is 147 cm³/mol. The van der Waals surface area contributed by atoms with Crippen LogP contribution in [0.3, 0.4) is 0 Å². The van der Waals surface area contributed by atoms with E-state index in [4.69, 9.17) is 26.1 Å². The molecule has 2 aromatic carbocycles. The molecule has 2 aromatic heterocycles. The summed E-state index contributed by atoms with van der Waals surface area (Å²) >= 11 is 5.79. The first-order chi connectivity index (χ1) is 19.8. The topological polar surface area (TPSA) is 103 Å². The molecule has 212 valence electrons. The van der Waals surface area contributed by atoms with Crippen LogP contribution in [0.2, 0.25) is 5.02 Å². The Labute approximate surface area is 239 Å². The van der Waals surface area contributed by atoms with Gasteiger partial charge in [-0.2, -0.15) is 9.37 Å². The first-order valence-electron chi connectivity index (χ1n) is 13.2. The summed E-state index contributed by atoms with van der Waals surface area (Å²) in [6.07, 6.45) is 4.69. The van der Waals surface area contributed by atoms with E-state index in [2.05, 4.69) is 19.4 Å². The predicted octanol–water partition coefficient (Wildman–Crippen LogP) is 5.11. The fourth-order valence-electron chi connectivity index (χ4n) is 4.91. The lowest BCUT2D eigenvalue weighted by Gasteiger charge is -2.29. The molecule has 6 rings (SSSR count). The summed E-state index contributed by atoms with van der Waals surface area (Å²) in [4.78, 5) is 27.0. The van der Waals surface area contributed by atoms with Gasteiger partial charge >= 0.3 is 5.97 Å². The summed E-state index contributed by atoms with van der Waals surface area (Å²) < 4.78 is 41.7. The number of aromatic nitrogens is 4. The van der Waals surface area contributed by atoms with E-state index in [-0.39, 0.29) is 34.7 Å². The summed E-state index contributed by atoms with van der Waals surface area (Å²) in [5.41, 5.74) is 2.81. The molecule has 4 aromatic rings. The second-order valence-electron chi connectivity index (χ2n) is 10.0. The SMILES string of the molecule is O=C(O)c1ccc2nc(CN3CC=C(c4ncc(F)c(OCc5ccc(Cl)cc5F)n4)CC3)n(C[C@@H]3CCO3)c2c1. The zero-order valence-corrected chi connectivity index (χ0v) is 22.7. The van der Waals surface area contributed by atoms with E-state index in [0.29, 0.717) is 38.4 Å². The van der Waals surface area contributed by atoms with Gasteiger partial charge in [0.2, 0.25) is 5.82 Å². The van der Waals surface area contributed by atoms with Gasteiger partial charge in [0.15, 0.2) is 5.82 Å². The van der Waals surface area contributed by atoms with Crippen LogP contribution in [0.25, 0.3) is 16.6 Å². The molecule has 0 aliphatic carbocycles. The molecule has 0 bridgehead atoms. The number of carboxylic acids is 1. The number of fused-ring (bicyclic) bond motifs is 1.